The second kappa shape index (κ2) is 10.7. The molecule has 0 spiro atoms. The van der Waals surface area contributed by atoms with Gasteiger partial charge in [0.25, 0.3) is 5.91 Å². The minimum atomic E-state index is -0.0579. The van der Waals surface area contributed by atoms with Gasteiger partial charge in [-0.25, -0.2) is 0 Å². The quantitative estimate of drug-likeness (QED) is 0.435. The van der Waals surface area contributed by atoms with Crippen LogP contribution in [-0.4, -0.2) is 38.1 Å². The summed E-state index contributed by atoms with van der Waals surface area (Å²) in [5.41, 5.74) is 2.28. The van der Waals surface area contributed by atoms with Crippen molar-refractivity contribution in [2.45, 2.75) is 31.8 Å². The number of rotatable bonds is 9. The molecule has 3 N–H and O–H groups in total. The van der Waals surface area contributed by atoms with Gasteiger partial charge in [-0.1, -0.05) is 35.9 Å². The fourth-order valence-corrected chi connectivity index (χ4v) is 2.99. The van der Waals surface area contributed by atoms with Gasteiger partial charge in [0, 0.05) is 31.2 Å². The van der Waals surface area contributed by atoms with Crippen molar-refractivity contribution in [1.82, 2.24) is 16.0 Å². The number of nitrogens with one attached hydrogen (secondary N) is 3. The van der Waals surface area contributed by atoms with Gasteiger partial charge in [-0.2, -0.15) is 0 Å². The largest absolute Gasteiger partial charge is 0.484 e. The van der Waals surface area contributed by atoms with E-state index in [0.29, 0.717) is 18.3 Å². The Balaban J connectivity index is 1.35. The minimum absolute atomic E-state index is 0.0579. The van der Waals surface area contributed by atoms with Gasteiger partial charge >= 0.3 is 0 Å². The highest BCUT2D eigenvalue weighted by molar-refractivity contribution is 6.30. The smallest absolute Gasteiger partial charge is 0.258 e. The molecule has 0 atom stereocenters. The van der Waals surface area contributed by atoms with Crippen molar-refractivity contribution in [2.24, 2.45) is 4.99 Å². The van der Waals surface area contributed by atoms with Crippen molar-refractivity contribution in [3.63, 3.8) is 0 Å². The molecule has 2 aromatic rings. The lowest BCUT2D eigenvalue weighted by Crippen LogP contribution is -2.37. The Kier molecular flexibility index (Phi) is 7.76. The first-order valence-corrected chi connectivity index (χ1v) is 10.2. The summed E-state index contributed by atoms with van der Waals surface area (Å²) in [6.45, 7) is 1.46. The molecule has 1 aliphatic carbocycles. The molecule has 154 valence electrons. The molecule has 1 aliphatic rings. The second-order valence-corrected chi connectivity index (χ2v) is 7.44. The molecule has 3 rings (SSSR count). The fraction of sp³-hybridized carbons (Fsp3) is 0.364. The van der Waals surface area contributed by atoms with Crippen LogP contribution in [0.1, 0.15) is 24.0 Å². The molecule has 6 nitrogen and oxygen atoms in total. The van der Waals surface area contributed by atoms with E-state index in [9.17, 15) is 4.79 Å². The van der Waals surface area contributed by atoms with Crippen molar-refractivity contribution in [2.75, 3.05) is 20.2 Å². The first kappa shape index (κ1) is 21.0. The Morgan fingerprint density at radius 2 is 1.93 bits per heavy atom. The van der Waals surface area contributed by atoms with Crippen LogP contribution < -0.4 is 20.7 Å². The summed E-state index contributed by atoms with van der Waals surface area (Å²) in [6, 6.07) is 15.9. The summed E-state index contributed by atoms with van der Waals surface area (Å²) in [5, 5.41) is 10.2. The zero-order chi connectivity index (χ0) is 20.5. The maximum Gasteiger partial charge on any atom is 0.258 e. The number of ether oxygens (including phenoxy) is 1. The Labute approximate surface area is 176 Å². The van der Waals surface area contributed by atoms with Crippen LogP contribution in [0.25, 0.3) is 0 Å². The summed E-state index contributed by atoms with van der Waals surface area (Å²) < 4.78 is 5.53. The zero-order valence-electron chi connectivity index (χ0n) is 16.6. The number of nitrogens with zero attached hydrogens (tertiary/aromatic N) is 1. The molecule has 0 bridgehead atoms. The van der Waals surface area contributed by atoms with Crippen LogP contribution in [0.3, 0.4) is 0 Å². The molecule has 2 aromatic carbocycles. The summed E-state index contributed by atoms with van der Waals surface area (Å²) >= 11 is 6.01. The molecule has 1 amide bonds. The standard InChI is InChI=1S/C22H27ClN4O2/c1-24-22(26-14-17-3-2-4-18(23)13-17)25-12-11-16-5-9-20(10-6-16)29-15-21(28)27-19-7-8-19/h2-6,9-10,13,19H,7-8,11-12,14-15H2,1H3,(H,27,28)(H2,24,25,26). The highest BCUT2D eigenvalue weighted by atomic mass is 35.5. The van der Waals surface area contributed by atoms with Gasteiger partial charge in [-0.05, 0) is 54.7 Å². The molecule has 0 unspecified atom stereocenters. The number of aliphatic imine (C=N–C) groups is 1. The van der Waals surface area contributed by atoms with Crippen molar-refractivity contribution >= 4 is 23.5 Å². The Bertz CT molecular complexity index is 835. The van der Waals surface area contributed by atoms with Gasteiger partial charge in [0.1, 0.15) is 5.75 Å². The van der Waals surface area contributed by atoms with E-state index in [2.05, 4.69) is 20.9 Å². The molecule has 0 saturated heterocycles. The lowest BCUT2D eigenvalue weighted by molar-refractivity contribution is -0.123. The molecule has 1 fully saturated rings. The lowest BCUT2D eigenvalue weighted by atomic mass is 10.1. The van der Waals surface area contributed by atoms with E-state index in [4.69, 9.17) is 16.3 Å². The normalized spacial score (nSPS) is 13.7. The molecular formula is C22H27ClN4O2. The number of hydrogen-bond donors (Lipinski definition) is 3. The van der Waals surface area contributed by atoms with Crippen molar-refractivity contribution in [3.8, 4) is 5.75 Å². The Morgan fingerprint density at radius 1 is 1.14 bits per heavy atom. The number of halogens is 1. The summed E-state index contributed by atoms with van der Waals surface area (Å²) in [4.78, 5) is 15.9. The number of hydrogen-bond acceptors (Lipinski definition) is 3. The summed E-state index contributed by atoms with van der Waals surface area (Å²) in [5.74, 6) is 1.38. The number of carbonyl (C=O) groups excluding carboxylic acids is 1. The molecule has 1 saturated carbocycles. The molecule has 0 aliphatic heterocycles. The number of benzene rings is 2. The van der Waals surface area contributed by atoms with Crippen molar-refractivity contribution in [1.29, 1.82) is 0 Å². The van der Waals surface area contributed by atoms with Crippen LogP contribution in [0.15, 0.2) is 53.5 Å². The Hall–Kier alpha value is -2.73. The van der Waals surface area contributed by atoms with E-state index in [1.807, 2.05) is 48.5 Å². The van der Waals surface area contributed by atoms with Gasteiger partial charge in [-0.3, -0.25) is 9.79 Å². The first-order chi connectivity index (χ1) is 14.1. The number of carbonyl (C=O) groups is 1. The molecule has 7 heteroatoms. The molecule has 0 radical (unpaired) electrons. The van der Waals surface area contributed by atoms with Crippen LogP contribution >= 0.6 is 11.6 Å². The van der Waals surface area contributed by atoms with E-state index in [1.54, 1.807) is 7.05 Å². The predicted octanol–water partition coefficient (Wildman–Crippen LogP) is 2.91. The summed E-state index contributed by atoms with van der Waals surface area (Å²) in [7, 11) is 1.75. The van der Waals surface area contributed by atoms with Crippen LogP contribution in [0.4, 0.5) is 0 Å². The lowest BCUT2D eigenvalue weighted by Gasteiger charge is -2.12. The minimum Gasteiger partial charge on any atom is -0.484 e. The molecule has 0 aromatic heterocycles. The van der Waals surface area contributed by atoms with Crippen molar-refractivity contribution in [3.05, 3.63) is 64.7 Å². The fourth-order valence-electron chi connectivity index (χ4n) is 2.78. The second-order valence-electron chi connectivity index (χ2n) is 7.01. The van der Waals surface area contributed by atoms with Crippen molar-refractivity contribution < 1.29 is 9.53 Å². The Morgan fingerprint density at radius 3 is 2.62 bits per heavy atom. The van der Waals surface area contributed by atoms with Crippen LogP contribution in [0.5, 0.6) is 5.75 Å². The predicted molar refractivity (Wildman–Crippen MR) is 116 cm³/mol. The number of amides is 1. The molecule has 0 heterocycles. The van der Waals surface area contributed by atoms with E-state index in [1.165, 1.54) is 5.56 Å². The third kappa shape index (κ3) is 7.66. The summed E-state index contributed by atoms with van der Waals surface area (Å²) in [6.07, 6.45) is 3.00. The maximum absolute atomic E-state index is 11.7. The van der Waals surface area contributed by atoms with Gasteiger partial charge < -0.3 is 20.7 Å². The zero-order valence-corrected chi connectivity index (χ0v) is 17.3. The third-order valence-electron chi connectivity index (χ3n) is 4.51. The monoisotopic (exact) mass is 414 g/mol. The average molecular weight is 415 g/mol. The molecular weight excluding hydrogens is 388 g/mol. The van der Waals surface area contributed by atoms with Gasteiger partial charge in [-0.15, -0.1) is 0 Å². The highest BCUT2D eigenvalue weighted by Crippen LogP contribution is 2.18. The average Bonchev–Trinajstić information content (AvgIpc) is 3.54. The highest BCUT2D eigenvalue weighted by Gasteiger charge is 2.23. The first-order valence-electron chi connectivity index (χ1n) is 9.82. The topological polar surface area (TPSA) is 74.8 Å². The van der Waals surface area contributed by atoms with Gasteiger partial charge in [0.2, 0.25) is 0 Å². The van der Waals surface area contributed by atoms with Gasteiger partial charge in [0.15, 0.2) is 12.6 Å². The van der Waals surface area contributed by atoms with E-state index in [0.717, 1.165) is 42.4 Å². The van der Waals surface area contributed by atoms with E-state index < -0.39 is 0 Å². The van der Waals surface area contributed by atoms with Crippen LogP contribution in [0.2, 0.25) is 5.02 Å². The maximum atomic E-state index is 11.7. The third-order valence-corrected chi connectivity index (χ3v) is 4.75. The van der Waals surface area contributed by atoms with Crippen LogP contribution in [0, 0.1) is 0 Å². The van der Waals surface area contributed by atoms with E-state index in [-0.39, 0.29) is 12.5 Å². The SMILES string of the molecule is CN=C(NCCc1ccc(OCC(=O)NC2CC2)cc1)NCc1cccc(Cl)c1. The van der Waals surface area contributed by atoms with E-state index >= 15 is 0 Å². The number of guanidine groups is 1. The van der Waals surface area contributed by atoms with Gasteiger partial charge in [0.05, 0.1) is 0 Å². The molecule has 29 heavy (non-hydrogen) atoms. The van der Waals surface area contributed by atoms with Crippen LogP contribution in [-0.2, 0) is 17.8 Å².